The van der Waals surface area contributed by atoms with Gasteiger partial charge in [0.15, 0.2) is 0 Å². The van der Waals surface area contributed by atoms with Gasteiger partial charge in [-0.15, -0.1) is 0 Å². The monoisotopic (exact) mass is 303 g/mol. The van der Waals surface area contributed by atoms with Crippen LogP contribution in [0.5, 0.6) is 0 Å². The Morgan fingerprint density at radius 3 is 2.86 bits per heavy atom. The molecule has 1 unspecified atom stereocenters. The summed E-state index contributed by atoms with van der Waals surface area (Å²) in [5.74, 6) is 0.829. The van der Waals surface area contributed by atoms with Gasteiger partial charge in [0.05, 0.1) is 0 Å². The summed E-state index contributed by atoms with van der Waals surface area (Å²) in [6.45, 7) is 5.18. The standard InChI is InChI=1S/C17H25N3O2/c1-12-13-6-3-4-7-14(13)20-15(19-12)8-10-18-16(21)17(2)9-5-11-22-17/h3-11H2,1-2H3,(H,18,21). The lowest BCUT2D eigenvalue weighted by molar-refractivity contribution is -0.139. The van der Waals surface area contributed by atoms with Crippen molar-refractivity contribution in [2.75, 3.05) is 13.2 Å². The molecule has 0 radical (unpaired) electrons. The molecule has 1 N–H and O–H groups in total. The van der Waals surface area contributed by atoms with Crippen molar-refractivity contribution in [1.29, 1.82) is 0 Å². The number of amides is 1. The molecule has 0 aromatic carbocycles. The third kappa shape index (κ3) is 3.14. The summed E-state index contributed by atoms with van der Waals surface area (Å²) in [7, 11) is 0. The van der Waals surface area contributed by atoms with Crippen LogP contribution >= 0.6 is 0 Å². The lowest BCUT2D eigenvalue weighted by Gasteiger charge is -2.22. The van der Waals surface area contributed by atoms with Gasteiger partial charge < -0.3 is 10.1 Å². The van der Waals surface area contributed by atoms with Gasteiger partial charge in [-0.25, -0.2) is 9.97 Å². The van der Waals surface area contributed by atoms with Gasteiger partial charge in [0, 0.05) is 31.0 Å². The average molecular weight is 303 g/mol. The number of hydrogen-bond acceptors (Lipinski definition) is 4. The van der Waals surface area contributed by atoms with Crippen molar-refractivity contribution in [3.8, 4) is 0 Å². The normalized spacial score (nSPS) is 24.1. The molecule has 1 aliphatic heterocycles. The SMILES string of the molecule is Cc1nc(CCNC(=O)C2(C)CCCO2)nc2c1CCCC2. The second kappa shape index (κ2) is 6.32. The van der Waals surface area contributed by atoms with E-state index in [-0.39, 0.29) is 5.91 Å². The molecule has 5 heteroatoms. The number of fused-ring (bicyclic) bond motifs is 1. The molecule has 120 valence electrons. The van der Waals surface area contributed by atoms with E-state index >= 15 is 0 Å². The Bertz CT molecular complexity index is 565. The topological polar surface area (TPSA) is 64.1 Å². The molecule has 1 atom stereocenters. The summed E-state index contributed by atoms with van der Waals surface area (Å²) >= 11 is 0. The smallest absolute Gasteiger partial charge is 0.251 e. The number of ether oxygens (including phenoxy) is 1. The number of hydrogen-bond donors (Lipinski definition) is 1. The van der Waals surface area contributed by atoms with Crippen LogP contribution in [0.4, 0.5) is 0 Å². The van der Waals surface area contributed by atoms with Gasteiger partial charge in [-0.1, -0.05) is 0 Å². The quantitative estimate of drug-likeness (QED) is 0.922. The first-order chi connectivity index (χ1) is 10.6. The Balaban J connectivity index is 1.58. The Morgan fingerprint density at radius 2 is 2.09 bits per heavy atom. The van der Waals surface area contributed by atoms with Crippen LogP contribution < -0.4 is 5.32 Å². The van der Waals surface area contributed by atoms with Crippen molar-refractivity contribution >= 4 is 5.91 Å². The minimum absolute atomic E-state index is 0.0142. The zero-order chi connectivity index (χ0) is 15.6. The Kier molecular flexibility index (Phi) is 4.43. The van der Waals surface area contributed by atoms with Gasteiger partial charge in [0.2, 0.25) is 0 Å². The fraction of sp³-hybridized carbons (Fsp3) is 0.706. The molecule has 3 rings (SSSR count). The van der Waals surface area contributed by atoms with E-state index in [1.807, 2.05) is 6.92 Å². The molecule has 1 fully saturated rings. The lowest BCUT2D eigenvalue weighted by atomic mass is 9.95. The summed E-state index contributed by atoms with van der Waals surface area (Å²) in [6, 6.07) is 0. The molecular formula is C17H25N3O2. The number of aromatic nitrogens is 2. The van der Waals surface area contributed by atoms with Crippen LogP contribution in [0.1, 0.15) is 55.4 Å². The van der Waals surface area contributed by atoms with E-state index in [9.17, 15) is 4.79 Å². The van der Waals surface area contributed by atoms with E-state index in [0.29, 0.717) is 19.6 Å². The van der Waals surface area contributed by atoms with Gasteiger partial charge in [0.25, 0.3) is 5.91 Å². The molecular weight excluding hydrogens is 278 g/mol. The molecule has 2 aliphatic rings. The molecule has 22 heavy (non-hydrogen) atoms. The molecule has 1 aromatic heterocycles. The van der Waals surface area contributed by atoms with E-state index in [1.54, 1.807) is 0 Å². The first kappa shape index (κ1) is 15.4. The first-order valence-corrected chi connectivity index (χ1v) is 8.36. The predicted molar refractivity (Wildman–Crippen MR) is 83.7 cm³/mol. The first-order valence-electron chi connectivity index (χ1n) is 8.36. The highest BCUT2D eigenvalue weighted by Crippen LogP contribution is 2.25. The minimum atomic E-state index is -0.646. The Hall–Kier alpha value is -1.49. The maximum atomic E-state index is 12.2. The molecule has 0 bridgehead atoms. The summed E-state index contributed by atoms with van der Waals surface area (Å²) in [5.41, 5.74) is 3.02. The summed E-state index contributed by atoms with van der Waals surface area (Å²) in [6.07, 6.45) is 7.05. The number of carbonyl (C=O) groups is 1. The van der Waals surface area contributed by atoms with Crippen molar-refractivity contribution in [3.05, 3.63) is 22.8 Å². The van der Waals surface area contributed by atoms with E-state index in [4.69, 9.17) is 9.72 Å². The van der Waals surface area contributed by atoms with Gasteiger partial charge in [0.1, 0.15) is 11.4 Å². The second-order valence-electron chi connectivity index (χ2n) is 6.55. The largest absolute Gasteiger partial charge is 0.365 e. The van der Waals surface area contributed by atoms with E-state index in [2.05, 4.69) is 17.2 Å². The fourth-order valence-electron chi connectivity index (χ4n) is 3.39. The maximum absolute atomic E-state index is 12.2. The van der Waals surface area contributed by atoms with Crippen molar-refractivity contribution in [1.82, 2.24) is 15.3 Å². The van der Waals surface area contributed by atoms with Gasteiger partial charge in [-0.3, -0.25) is 4.79 Å². The van der Waals surface area contributed by atoms with Crippen molar-refractivity contribution in [3.63, 3.8) is 0 Å². The molecule has 1 aromatic rings. The average Bonchev–Trinajstić information content (AvgIpc) is 2.95. The van der Waals surface area contributed by atoms with Gasteiger partial charge >= 0.3 is 0 Å². The summed E-state index contributed by atoms with van der Waals surface area (Å²) in [5, 5.41) is 2.97. The highest BCUT2D eigenvalue weighted by atomic mass is 16.5. The van der Waals surface area contributed by atoms with Crippen LogP contribution in [0, 0.1) is 6.92 Å². The van der Waals surface area contributed by atoms with E-state index in [1.165, 1.54) is 24.1 Å². The van der Waals surface area contributed by atoms with E-state index in [0.717, 1.165) is 37.2 Å². The van der Waals surface area contributed by atoms with E-state index < -0.39 is 5.60 Å². The van der Waals surface area contributed by atoms with Gasteiger partial charge in [-0.2, -0.15) is 0 Å². The fourth-order valence-corrected chi connectivity index (χ4v) is 3.39. The zero-order valence-corrected chi connectivity index (χ0v) is 13.6. The lowest BCUT2D eigenvalue weighted by Crippen LogP contribution is -2.44. The van der Waals surface area contributed by atoms with Crippen LogP contribution in [0.2, 0.25) is 0 Å². The Morgan fingerprint density at radius 1 is 1.27 bits per heavy atom. The minimum Gasteiger partial charge on any atom is -0.365 e. The molecule has 1 aliphatic carbocycles. The molecule has 0 saturated carbocycles. The number of nitrogens with one attached hydrogen (secondary N) is 1. The number of rotatable bonds is 4. The molecule has 1 saturated heterocycles. The number of carbonyl (C=O) groups excluding carboxylic acids is 1. The van der Waals surface area contributed by atoms with Crippen molar-refractivity contribution in [2.24, 2.45) is 0 Å². The van der Waals surface area contributed by atoms with Crippen LogP contribution in [0.25, 0.3) is 0 Å². The molecule has 2 heterocycles. The molecule has 5 nitrogen and oxygen atoms in total. The third-order valence-corrected chi connectivity index (χ3v) is 4.77. The maximum Gasteiger partial charge on any atom is 0.251 e. The van der Waals surface area contributed by atoms with Crippen LogP contribution in [0.3, 0.4) is 0 Å². The van der Waals surface area contributed by atoms with Gasteiger partial charge in [-0.05, 0) is 57.9 Å². The van der Waals surface area contributed by atoms with Crippen LogP contribution in [-0.2, 0) is 28.8 Å². The summed E-state index contributed by atoms with van der Waals surface area (Å²) in [4.78, 5) is 21.5. The molecule has 0 spiro atoms. The van der Waals surface area contributed by atoms with Crippen LogP contribution in [-0.4, -0.2) is 34.6 Å². The second-order valence-corrected chi connectivity index (χ2v) is 6.55. The highest BCUT2D eigenvalue weighted by molar-refractivity contribution is 5.84. The predicted octanol–water partition coefficient (Wildman–Crippen LogP) is 1.89. The van der Waals surface area contributed by atoms with Crippen molar-refractivity contribution in [2.45, 2.75) is 64.4 Å². The van der Waals surface area contributed by atoms with Crippen molar-refractivity contribution < 1.29 is 9.53 Å². The Labute approximate surface area is 131 Å². The number of aryl methyl sites for hydroxylation is 2. The third-order valence-electron chi connectivity index (χ3n) is 4.77. The number of nitrogens with zero attached hydrogens (tertiary/aromatic N) is 2. The van der Waals surface area contributed by atoms with Crippen LogP contribution in [0.15, 0.2) is 0 Å². The summed E-state index contributed by atoms with van der Waals surface area (Å²) < 4.78 is 5.56. The zero-order valence-electron chi connectivity index (χ0n) is 13.6. The highest BCUT2D eigenvalue weighted by Gasteiger charge is 2.37. The molecule has 1 amide bonds.